The van der Waals surface area contributed by atoms with Gasteiger partial charge in [0, 0.05) is 12.5 Å². The lowest BCUT2D eigenvalue weighted by Gasteiger charge is -2.01. The Hall–Kier alpha value is -2.30. The summed E-state index contributed by atoms with van der Waals surface area (Å²) < 4.78 is 5.13. The first-order chi connectivity index (χ1) is 10.2. The number of hydrogen-bond acceptors (Lipinski definition) is 3. The molecular formula is C16H21N3O2. The van der Waals surface area contributed by atoms with Gasteiger partial charge in [-0.3, -0.25) is 9.89 Å². The van der Waals surface area contributed by atoms with E-state index in [1.54, 1.807) is 7.11 Å². The number of aromatic nitrogens is 2. The molecule has 0 saturated carbocycles. The fourth-order valence-electron chi connectivity index (χ4n) is 2.05. The Kier molecular flexibility index (Phi) is 5.37. The molecule has 1 aromatic carbocycles. The summed E-state index contributed by atoms with van der Waals surface area (Å²) in [5.41, 5.74) is 1.86. The normalized spacial score (nSPS) is 10.4. The van der Waals surface area contributed by atoms with Crippen molar-refractivity contribution in [3.8, 4) is 17.0 Å². The van der Waals surface area contributed by atoms with Gasteiger partial charge >= 0.3 is 0 Å². The number of aromatic amines is 1. The molecule has 0 aliphatic heterocycles. The van der Waals surface area contributed by atoms with Crippen LogP contribution in [0.4, 0.5) is 5.82 Å². The number of ether oxygens (including phenoxy) is 1. The quantitative estimate of drug-likeness (QED) is 0.764. The zero-order chi connectivity index (χ0) is 15.1. The number of benzene rings is 1. The van der Waals surface area contributed by atoms with Crippen LogP contribution in [0.2, 0.25) is 0 Å². The van der Waals surface area contributed by atoms with Gasteiger partial charge in [0.25, 0.3) is 0 Å². The summed E-state index contributed by atoms with van der Waals surface area (Å²) in [4.78, 5) is 11.7. The van der Waals surface area contributed by atoms with Gasteiger partial charge in [-0.1, -0.05) is 19.8 Å². The number of hydrogen-bond donors (Lipinski definition) is 2. The van der Waals surface area contributed by atoms with Crippen molar-refractivity contribution in [3.05, 3.63) is 30.3 Å². The molecule has 112 valence electrons. The molecule has 1 aromatic heterocycles. The van der Waals surface area contributed by atoms with Crippen LogP contribution >= 0.6 is 0 Å². The third-order valence-corrected chi connectivity index (χ3v) is 3.25. The van der Waals surface area contributed by atoms with E-state index in [0.29, 0.717) is 12.2 Å². The Morgan fingerprint density at radius 1 is 1.29 bits per heavy atom. The van der Waals surface area contributed by atoms with Gasteiger partial charge in [-0.15, -0.1) is 0 Å². The number of unbranched alkanes of at least 4 members (excludes halogenated alkanes) is 2. The van der Waals surface area contributed by atoms with Crippen LogP contribution < -0.4 is 10.1 Å². The Balaban J connectivity index is 1.95. The molecule has 0 spiro atoms. The molecule has 0 fully saturated rings. The smallest absolute Gasteiger partial charge is 0.225 e. The van der Waals surface area contributed by atoms with Crippen molar-refractivity contribution >= 4 is 11.7 Å². The van der Waals surface area contributed by atoms with Gasteiger partial charge in [0.05, 0.1) is 12.8 Å². The first kappa shape index (κ1) is 15.1. The maximum absolute atomic E-state index is 11.7. The third-order valence-electron chi connectivity index (χ3n) is 3.25. The van der Waals surface area contributed by atoms with E-state index in [4.69, 9.17) is 4.74 Å². The van der Waals surface area contributed by atoms with Crippen LogP contribution in [0.25, 0.3) is 11.3 Å². The largest absolute Gasteiger partial charge is 0.497 e. The van der Waals surface area contributed by atoms with Crippen molar-refractivity contribution in [2.24, 2.45) is 0 Å². The van der Waals surface area contributed by atoms with Gasteiger partial charge in [0.2, 0.25) is 5.91 Å². The molecule has 1 heterocycles. The number of rotatable bonds is 7. The van der Waals surface area contributed by atoms with Crippen molar-refractivity contribution in [1.82, 2.24) is 10.2 Å². The molecular weight excluding hydrogens is 266 g/mol. The van der Waals surface area contributed by atoms with Crippen molar-refractivity contribution in [1.29, 1.82) is 0 Å². The average molecular weight is 287 g/mol. The maximum Gasteiger partial charge on any atom is 0.225 e. The lowest BCUT2D eigenvalue weighted by Crippen LogP contribution is -2.11. The zero-order valence-corrected chi connectivity index (χ0v) is 12.5. The Labute approximate surface area is 124 Å². The molecule has 0 bridgehead atoms. The predicted octanol–water partition coefficient (Wildman–Crippen LogP) is 3.60. The lowest BCUT2D eigenvalue weighted by molar-refractivity contribution is -0.116. The predicted molar refractivity (Wildman–Crippen MR) is 83.3 cm³/mol. The molecule has 2 rings (SSSR count). The summed E-state index contributed by atoms with van der Waals surface area (Å²) in [7, 11) is 1.64. The second kappa shape index (κ2) is 7.47. The highest BCUT2D eigenvalue weighted by molar-refractivity contribution is 5.90. The first-order valence-electron chi connectivity index (χ1n) is 7.22. The number of amides is 1. The van der Waals surface area contributed by atoms with Crippen LogP contribution in [0.5, 0.6) is 5.75 Å². The van der Waals surface area contributed by atoms with E-state index in [0.717, 1.165) is 36.3 Å². The van der Waals surface area contributed by atoms with Crippen LogP contribution in [-0.2, 0) is 4.79 Å². The minimum Gasteiger partial charge on any atom is -0.497 e. The topological polar surface area (TPSA) is 67.0 Å². The highest BCUT2D eigenvalue weighted by Gasteiger charge is 2.07. The van der Waals surface area contributed by atoms with E-state index in [1.165, 1.54) is 0 Å². The lowest BCUT2D eigenvalue weighted by atomic mass is 10.1. The van der Waals surface area contributed by atoms with E-state index >= 15 is 0 Å². The molecule has 2 aromatic rings. The van der Waals surface area contributed by atoms with Crippen molar-refractivity contribution in [2.75, 3.05) is 12.4 Å². The van der Waals surface area contributed by atoms with Gasteiger partial charge in [0.1, 0.15) is 5.75 Å². The number of H-pyrrole nitrogens is 1. The maximum atomic E-state index is 11.7. The van der Waals surface area contributed by atoms with Crippen LogP contribution in [-0.4, -0.2) is 23.2 Å². The Bertz CT molecular complexity index is 575. The Morgan fingerprint density at radius 2 is 2.05 bits per heavy atom. The SMILES string of the molecule is CCCCCC(=O)Nc1cc(-c2ccc(OC)cc2)[nH]n1. The molecule has 0 aliphatic rings. The number of carbonyl (C=O) groups excluding carboxylic acids is 1. The standard InChI is InChI=1S/C16H21N3O2/c1-3-4-5-6-16(20)17-15-11-14(18-19-15)12-7-9-13(21-2)10-8-12/h7-11H,3-6H2,1-2H3,(H2,17,18,19,20). The number of anilines is 1. The fourth-order valence-corrected chi connectivity index (χ4v) is 2.05. The summed E-state index contributed by atoms with van der Waals surface area (Å²) in [6, 6.07) is 9.50. The number of nitrogens with zero attached hydrogens (tertiary/aromatic N) is 1. The minimum absolute atomic E-state index is 0.0104. The highest BCUT2D eigenvalue weighted by atomic mass is 16.5. The third kappa shape index (κ3) is 4.34. The van der Waals surface area contributed by atoms with Crippen molar-refractivity contribution in [3.63, 3.8) is 0 Å². The molecule has 0 radical (unpaired) electrons. The van der Waals surface area contributed by atoms with Crippen LogP contribution in [0.1, 0.15) is 32.6 Å². The average Bonchev–Trinajstić information content (AvgIpc) is 2.96. The van der Waals surface area contributed by atoms with Gasteiger partial charge in [-0.2, -0.15) is 5.10 Å². The Morgan fingerprint density at radius 3 is 2.71 bits per heavy atom. The summed E-state index contributed by atoms with van der Waals surface area (Å²) in [6.45, 7) is 2.12. The number of methoxy groups -OCH3 is 1. The van der Waals surface area contributed by atoms with E-state index in [-0.39, 0.29) is 5.91 Å². The summed E-state index contributed by atoms with van der Waals surface area (Å²) >= 11 is 0. The van der Waals surface area contributed by atoms with Gasteiger partial charge < -0.3 is 10.1 Å². The van der Waals surface area contributed by atoms with Crippen molar-refractivity contribution in [2.45, 2.75) is 32.6 Å². The number of carbonyl (C=O) groups is 1. The van der Waals surface area contributed by atoms with Gasteiger partial charge in [-0.25, -0.2) is 0 Å². The molecule has 0 atom stereocenters. The van der Waals surface area contributed by atoms with E-state index in [9.17, 15) is 4.79 Å². The summed E-state index contributed by atoms with van der Waals surface area (Å²) in [5.74, 6) is 1.38. The molecule has 1 amide bonds. The molecule has 0 aliphatic carbocycles. The first-order valence-corrected chi connectivity index (χ1v) is 7.22. The fraction of sp³-hybridized carbons (Fsp3) is 0.375. The minimum atomic E-state index is 0.0104. The van der Waals surface area contributed by atoms with Crippen LogP contribution in [0.3, 0.4) is 0 Å². The van der Waals surface area contributed by atoms with E-state index < -0.39 is 0 Å². The second-order valence-corrected chi connectivity index (χ2v) is 4.90. The van der Waals surface area contributed by atoms with Crippen molar-refractivity contribution < 1.29 is 9.53 Å². The molecule has 0 saturated heterocycles. The molecule has 5 nitrogen and oxygen atoms in total. The monoisotopic (exact) mass is 287 g/mol. The molecule has 2 N–H and O–H groups in total. The highest BCUT2D eigenvalue weighted by Crippen LogP contribution is 2.22. The molecule has 21 heavy (non-hydrogen) atoms. The van der Waals surface area contributed by atoms with Crippen LogP contribution in [0.15, 0.2) is 30.3 Å². The molecule has 0 unspecified atom stereocenters. The van der Waals surface area contributed by atoms with E-state index in [2.05, 4.69) is 22.4 Å². The summed E-state index contributed by atoms with van der Waals surface area (Å²) in [6.07, 6.45) is 3.64. The second-order valence-electron chi connectivity index (χ2n) is 4.90. The van der Waals surface area contributed by atoms with Gasteiger partial charge in [0.15, 0.2) is 5.82 Å². The van der Waals surface area contributed by atoms with E-state index in [1.807, 2.05) is 30.3 Å². The number of nitrogens with one attached hydrogen (secondary N) is 2. The zero-order valence-electron chi connectivity index (χ0n) is 12.5. The van der Waals surface area contributed by atoms with Gasteiger partial charge in [-0.05, 0) is 36.2 Å². The van der Waals surface area contributed by atoms with Crippen LogP contribution in [0, 0.1) is 0 Å². The molecule has 5 heteroatoms. The summed E-state index contributed by atoms with van der Waals surface area (Å²) in [5, 5.41) is 9.85.